The molecule has 2 aromatic carbocycles. The number of aromatic nitrogens is 2. The molecule has 0 fully saturated rings. The minimum absolute atomic E-state index is 0.151. The molecule has 0 aliphatic heterocycles. The van der Waals surface area contributed by atoms with Crippen LogP contribution in [0.25, 0.3) is 0 Å². The molecular weight excluding hydrogens is 399 g/mol. The summed E-state index contributed by atoms with van der Waals surface area (Å²) in [4.78, 5) is 24.4. The molecule has 140 valence electrons. The van der Waals surface area contributed by atoms with E-state index >= 15 is 0 Å². The molecule has 0 saturated heterocycles. The lowest BCUT2D eigenvalue weighted by atomic mass is 10.3. The maximum atomic E-state index is 12.8. The summed E-state index contributed by atoms with van der Waals surface area (Å²) in [7, 11) is -4.18. The monoisotopic (exact) mass is 410 g/mol. The molecule has 1 heterocycles. The third kappa shape index (κ3) is 3.93. The van der Waals surface area contributed by atoms with Crippen molar-refractivity contribution in [2.24, 2.45) is 0 Å². The van der Waals surface area contributed by atoms with Gasteiger partial charge >= 0.3 is 5.69 Å². The number of ether oxygens (including phenoxy) is 1. The summed E-state index contributed by atoms with van der Waals surface area (Å²) in [5.41, 5.74) is -1.06. The van der Waals surface area contributed by atoms with E-state index in [2.05, 4.69) is 0 Å². The van der Waals surface area contributed by atoms with Crippen LogP contribution in [0.3, 0.4) is 0 Å². The molecule has 0 saturated carbocycles. The SMILES string of the molecule is O=C(COc1ccc(F)cc1)n1ccn(S(=O)(=O)c2ccc(Cl)cc2)c1=O. The number of hydrogen-bond donors (Lipinski definition) is 0. The summed E-state index contributed by atoms with van der Waals surface area (Å²) >= 11 is 5.73. The average Bonchev–Trinajstić information content (AvgIpc) is 3.03. The maximum Gasteiger partial charge on any atom is 0.349 e. The van der Waals surface area contributed by atoms with E-state index in [0.29, 0.717) is 13.6 Å². The Labute approximate surface area is 158 Å². The molecule has 3 rings (SSSR count). The first kappa shape index (κ1) is 18.9. The predicted molar refractivity (Wildman–Crippen MR) is 95.2 cm³/mol. The molecule has 0 spiro atoms. The highest BCUT2D eigenvalue weighted by Gasteiger charge is 2.22. The summed E-state index contributed by atoms with van der Waals surface area (Å²) in [5, 5.41) is 0.340. The van der Waals surface area contributed by atoms with Gasteiger partial charge in [0.25, 0.3) is 15.9 Å². The van der Waals surface area contributed by atoms with Gasteiger partial charge in [-0.15, -0.1) is 0 Å². The maximum absolute atomic E-state index is 12.8. The Morgan fingerprint density at radius 3 is 2.30 bits per heavy atom. The molecule has 10 heteroatoms. The number of hydrogen-bond acceptors (Lipinski definition) is 5. The van der Waals surface area contributed by atoms with E-state index in [1.807, 2.05) is 0 Å². The van der Waals surface area contributed by atoms with Gasteiger partial charge in [0.2, 0.25) is 0 Å². The van der Waals surface area contributed by atoms with Crippen LogP contribution in [0.2, 0.25) is 5.02 Å². The van der Waals surface area contributed by atoms with Crippen molar-refractivity contribution in [2.75, 3.05) is 6.61 Å². The van der Waals surface area contributed by atoms with Crippen molar-refractivity contribution in [3.05, 3.63) is 82.2 Å². The van der Waals surface area contributed by atoms with Gasteiger partial charge in [0.05, 0.1) is 4.90 Å². The molecule has 7 nitrogen and oxygen atoms in total. The number of benzene rings is 2. The first-order valence-electron chi connectivity index (χ1n) is 7.52. The van der Waals surface area contributed by atoms with Gasteiger partial charge in [-0.1, -0.05) is 11.6 Å². The number of carbonyl (C=O) groups excluding carboxylic acids is 1. The zero-order valence-corrected chi connectivity index (χ0v) is 15.2. The molecule has 0 amide bonds. The van der Waals surface area contributed by atoms with Gasteiger partial charge in [0, 0.05) is 17.4 Å². The fourth-order valence-electron chi connectivity index (χ4n) is 2.20. The van der Waals surface area contributed by atoms with E-state index in [-0.39, 0.29) is 10.6 Å². The lowest BCUT2D eigenvalue weighted by molar-refractivity contribution is 0.0833. The number of nitrogens with zero attached hydrogens (tertiary/aromatic N) is 2. The largest absolute Gasteiger partial charge is 0.484 e. The smallest absolute Gasteiger partial charge is 0.349 e. The molecule has 0 atom stereocenters. The van der Waals surface area contributed by atoms with Crippen molar-refractivity contribution >= 4 is 27.5 Å². The van der Waals surface area contributed by atoms with Crippen LogP contribution in [0.15, 0.2) is 70.6 Å². The number of rotatable bonds is 5. The van der Waals surface area contributed by atoms with Crippen molar-refractivity contribution in [1.82, 2.24) is 8.54 Å². The highest BCUT2D eigenvalue weighted by atomic mass is 35.5. The highest BCUT2D eigenvalue weighted by molar-refractivity contribution is 7.90. The van der Waals surface area contributed by atoms with E-state index in [9.17, 15) is 22.4 Å². The second-order valence-corrected chi connectivity index (χ2v) is 7.59. The minimum Gasteiger partial charge on any atom is -0.484 e. The minimum atomic E-state index is -4.18. The standard InChI is InChI=1S/C17H12ClFN2O5S/c18-12-1-7-15(8-2-12)27(24,25)21-10-9-20(17(21)23)16(22)11-26-14-5-3-13(19)4-6-14/h1-10H,11H2. The first-order valence-corrected chi connectivity index (χ1v) is 9.33. The zero-order chi connectivity index (χ0) is 19.6. The van der Waals surface area contributed by atoms with Crippen LogP contribution < -0.4 is 10.4 Å². The lowest BCUT2D eigenvalue weighted by Gasteiger charge is -2.06. The van der Waals surface area contributed by atoms with Gasteiger partial charge < -0.3 is 4.74 Å². The molecule has 0 radical (unpaired) electrons. The Hall–Kier alpha value is -2.91. The van der Waals surface area contributed by atoms with Gasteiger partial charge in [-0.2, -0.15) is 3.97 Å². The van der Waals surface area contributed by atoms with Crippen LogP contribution in [-0.4, -0.2) is 29.5 Å². The first-order chi connectivity index (χ1) is 12.8. The van der Waals surface area contributed by atoms with Gasteiger partial charge in [-0.05, 0) is 48.5 Å². The molecule has 27 heavy (non-hydrogen) atoms. The van der Waals surface area contributed by atoms with Gasteiger partial charge in [-0.25, -0.2) is 22.2 Å². The van der Waals surface area contributed by atoms with Gasteiger partial charge in [0.15, 0.2) is 6.61 Å². The van der Waals surface area contributed by atoms with Crippen LogP contribution in [-0.2, 0) is 10.0 Å². The molecule has 0 bridgehead atoms. The average molecular weight is 411 g/mol. The van der Waals surface area contributed by atoms with Crippen LogP contribution >= 0.6 is 11.6 Å². The van der Waals surface area contributed by atoms with Crippen LogP contribution in [0.4, 0.5) is 4.39 Å². The highest BCUT2D eigenvalue weighted by Crippen LogP contribution is 2.16. The van der Waals surface area contributed by atoms with Crippen molar-refractivity contribution < 1.29 is 22.3 Å². The van der Waals surface area contributed by atoms with E-state index in [1.165, 1.54) is 36.4 Å². The Morgan fingerprint density at radius 1 is 1.04 bits per heavy atom. The van der Waals surface area contributed by atoms with E-state index in [1.54, 1.807) is 0 Å². The molecule has 0 N–H and O–H groups in total. The van der Waals surface area contributed by atoms with E-state index in [0.717, 1.165) is 24.5 Å². The Kier molecular flexibility index (Phi) is 5.15. The van der Waals surface area contributed by atoms with Crippen LogP contribution in [0, 0.1) is 5.82 Å². The third-order valence-corrected chi connectivity index (χ3v) is 5.48. The Bertz CT molecular complexity index is 1140. The fraction of sp³-hybridized carbons (Fsp3) is 0.0588. The molecule has 0 aliphatic rings. The second kappa shape index (κ2) is 7.37. The predicted octanol–water partition coefficient (Wildman–Crippen LogP) is 2.40. The van der Waals surface area contributed by atoms with E-state index < -0.39 is 34.0 Å². The Balaban J connectivity index is 1.82. The van der Waals surface area contributed by atoms with Crippen LogP contribution in [0.1, 0.15) is 4.79 Å². The quantitative estimate of drug-likeness (QED) is 0.644. The van der Waals surface area contributed by atoms with Crippen molar-refractivity contribution in [3.63, 3.8) is 0 Å². The normalized spacial score (nSPS) is 11.3. The summed E-state index contributed by atoms with van der Waals surface area (Å²) in [6.45, 7) is -0.531. The molecule has 3 aromatic rings. The summed E-state index contributed by atoms with van der Waals surface area (Å²) in [6, 6.07) is 10.2. The number of imidazole rings is 1. The molecular formula is C17H12ClFN2O5S. The third-order valence-electron chi connectivity index (χ3n) is 3.56. The lowest BCUT2D eigenvalue weighted by Crippen LogP contribution is -2.34. The van der Waals surface area contributed by atoms with Crippen molar-refractivity contribution in [1.29, 1.82) is 0 Å². The summed E-state index contributed by atoms with van der Waals surface area (Å²) in [6.07, 6.45) is 2.01. The fourth-order valence-corrected chi connectivity index (χ4v) is 3.54. The summed E-state index contributed by atoms with van der Waals surface area (Å²) in [5.74, 6) is -1.02. The topological polar surface area (TPSA) is 87.4 Å². The zero-order valence-electron chi connectivity index (χ0n) is 13.6. The molecule has 0 unspecified atom stereocenters. The van der Waals surface area contributed by atoms with Gasteiger partial charge in [0.1, 0.15) is 11.6 Å². The van der Waals surface area contributed by atoms with E-state index in [4.69, 9.17) is 16.3 Å². The van der Waals surface area contributed by atoms with Crippen molar-refractivity contribution in [2.45, 2.75) is 4.90 Å². The molecule has 1 aromatic heterocycles. The van der Waals surface area contributed by atoms with Gasteiger partial charge in [-0.3, -0.25) is 4.79 Å². The number of halogens is 2. The Morgan fingerprint density at radius 2 is 1.67 bits per heavy atom. The molecule has 0 aliphatic carbocycles. The number of carbonyl (C=O) groups is 1. The van der Waals surface area contributed by atoms with Crippen molar-refractivity contribution in [3.8, 4) is 5.75 Å². The van der Waals surface area contributed by atoms with Crippen LogP contribution in [0.5, 0.6) is 5.75 Å². The summed E-state index contributed by atoms with van der Waals surface area (Å²) < 4.78 is 44.2. The second-order valence-electron chi connectivity index (χ2n) is 5.34.